The number of benzene rings is 3. The van der Waals surface area contributed by atoms with Crippen LogP contribution in [0, 0.1) is 0 Å². The summed E-state index contributed by atoms with van der Waals surface area (Å²) in [6.07, 6.45) is 1.69. The van der Waals surface area contributed by atoms with Gasteiger partial charge in [0.1, 0.15) is 0 Å². The van der Waals surface area contributed by atoms with Gasteiger partial charge in [0.2, 0.25) is 0 Å². The van der Waals surface area contributed by atoms with Crippen LogP contribution in [-0.4, -0.2) is 30.3 Å². The van der Waals surface area contributed by atoms with Crippen molar-refractivity contribution in [2.45, 2.75) is 6.54 Å². The molecule has 3 aromatic rings. The molecular weight excluding hydrogens is 466 g/mol. The van der Waals surface area contributed by atoms with E-state index < -0.39 is 0 Å². The molecule has 0 N–H and O–H groups in total. The molecule has 5 nitrogen and oxygen atoms in total. The number of fused-ring (bicyclic) bond motifs is 1. The van der Waals surface area contributed by atoms with Gasteiger partial charge in [0.05, 0.1) is 25.7 Å². The summed E-state index contributed by atoms with van der Waals surface area (Å²) in [5.74, 6) is 0.812. The van der Waals surface area contributed by atoms with Gasteiger partial charge < -0.3 is 9.47 Å². The van der Waals surface area contributed by atoms with E-state index >= 15 is 0 Å². The fraction of sp³-hybridized carbons (Fsp3) is 0.130. The third kappa shape index (κ3) is 3.82. The lowest BCUT2D eigenvalue weighted by atomic mass is 10.0. The summed E-state index contributed by atoms with van der Waals surface area (Å²) in [6.45, 7) is 0.233. The van der Waals surface area contributed by atoms with Gasteiger partial charge in [0.25, 0.3) is 11.1 Å². The second-order valence-corrected chi connectivity index (χ2v) is 8.48. The van der Waals surface area contributed by atoms with E-state index in [1.165, 1.54) is 4.90 Å². The van der Waals surface area contributed by atoms with E-state index in [0.29, 0.717) is 16.4 Å². The first-order valence-electron chi connectivity index (χ1n) is 9.15. The predicted molar refractivity (Wildman–Crippen MR) is 123 cm³/mol. The Balaban J connectivity index is 1.65. The Kier molecular flexibility index (Phi) is 5.83. The van der Waals surface area contributed by atoms with Gasteiger partial charge in [-0.15, -0.1) is 0 Å². The number of hydrogen-bond donors (Lipinski definition) is 0. The number of thioether (sulfide) groups is 1. The summed E-state index contributed by atoms with van der Waals surface area (Å²) >= 11 is 4.43. The number of methoxy groups -OCH3 is 2. The summed E-state index contributed by atoms with van der Waals surface area (Å²) in [6, 6.07) is 17.4. The van der Waals surface area contributed by atoms with Crippen LogP contribution in [0.5, 0.6) is 11.5 Å². The Labute approximate surface area is 186 Å². The highest BCUT2D eigenvalue weighted by atomic mass is 79.9. The minimum absolute atomic E-state index is 0.233. The SMILES string of the molecule is COc1cc(Br)c(/C=C2/SC(=O)N(Cc3cccc4ccccc34)C2=O)cc1OC. The predicted octanol–water partition coefficient (Wildman–Crippen LogP) is 5.86. The third-order valence-electron chi connectivity index (χ3n) is 4.87. The quantitative estimate of drug-likeness (QED) is 0.425. The molecule has 0 atom stereocenters. The monoisotopic (exact) mass is 483 g/mol. The molecule has 0 radical (unpaired) electrons. The van der Waals surface area contributed by atoms with Crippen molar-refractivity contribution >= 4 is 55.7 Å². The molecule has 0 aliphatic carbocycles. The molecule has 30 heavy (non-hydrogen) atoms. The Hall–Kier alpha value is -2.77. The summed E-state index contributed by atoms with van der Waals surface area (Å²) in [4.78, 5) is 27.3. The van der Waals surface area contributed by atoms with Crippen LogP contribution in [0.15, 0.2) is 64.0 Å². The Morgan fingerprint density at radius 3 is 2.47 bits per heavy atom. The molecule has 0 aromatic heterocycles. The average Bonchev–Trinajstić information content (AvgIpc) is 3.02. The molecule has 1 fully saturated rings. The molecule has 1 heterocycles. The standard InChI is InChI=1S/C23H18BrNO4S/c1-28-19-10-16(18(24)12-20(19)29-2)11-21-22(26)25(23(27)30-21)13-15-8-5-7-14-6-3-4-9-17(14)15/h3-12H,13H2,1-2H3/b21-11+. The highest BCUT2D eigenvalue weighted by Gasteiger charge is 2.35. The largest absolute Gasteiger partial charge is 0.493 e. The first-order valence-corrected chi connectivity index (χ1v) is 10.8. The van der Waals surface area contributed by atoms with Crippen molar-refractivity contribution < 1.29 is 19.1 Å². The molecule has 152 valence electrons. The number of carbonyl (C=O) groups is 2. The van der Waals surface area contributed by atoms with Crippen molar-refractivity contribution in [3.05, 3.63) is 75.1 Å². The van der Waals surface area contributed by atoms with Gasteiger partial charge in [-0.1, -0.05) is 58.4 Å². The van der Waals surface area contributed by atoms with E-state index in [2.05, 4.69) is 15.9 Å². The van der Waals surface area contributed by atoms with Crippen LogP contribution in [0.3, 0.4) is 0 Å². The lowest BCUT2D eigenvalue weighted by Crippen LogP contribution is -2.27. The van der Waals surface area contributed by atoms with Crippen LogP contribution < -0.4 is 9.47 Å². The van der Waals surface area contributed by atoms with Gasteiger partial charge in [-0.3, -0.25) is 14.5 Å². The summed E-state index contributed by atoms with van der Waals surface area (Å²) in [7, 11) is 3.11. The fourth-order valence-electron chi connectivity index (χ4n) is 3.36. The molecule has 1 aliphatic heterocycles. The van der Waals surface area contributed by atoms with Crippen LogP contribution in [0.4, 0.5) is 4.79 Å². The Morgan fingerprint density at radius 2 is 1.70 bits per heavy atom. The normalized spacial score (nSPS) is 15.3. The summed E-state index contributed by atoms with van der Waals surface area (Å²) < 4.78 is 11.4. The molecule has 7 heteroatoms. The number of hydrogen-bond acceptors (Lipinski definition) is 5. The van der Waals surface area contributed by atoms with E-state index in [9.17, 15) is 9.59 Å². The van der Waals surface area contributed by atoms with Gasteiger partial charge in [-0.2, -0.15) is 0 Å². The minimum Gasteiger partial charge on any atom is -0.493 e. The minimum atomic E-state index is -0.306. The van der Waals surface area contributed by atoms with Crippen molar-refractivity contribution in [3.8, 4) is 11.5 Å². The zero-order valence-electron chi connectivity index (χ0n) is 16.3. The number of halogens is 1. The summed E-state index contributed by atoms with van der Waals surface area (Å²) in [5.41, 5.74) is 1.66. The van der Waals surface area contributed by atoms with Gasteiger partial charge in [0.15, 0.2) is 11.5 Å². The van der Waals surface area contributed by atoms with E-state index in [1.807, 2.05) is 42.5 Å². The Morgan fingerprint density at radius 1 is 1.00 bits per heavy atom. The van der Waals surface area contributed by atoms with Gasteiger partial charge in [-0.05, 0) is 51.9 Å². The van der Waals surface area contributed by atoms with Gasteiger partial charge in [-0.25, -0.2) is 0 Å². The van der Waals surface area contributed by atoms with E-state index in [4.69, 9.17) is 9.47 Å². The number of nitrogens with zero attached hydrogens (tertiary/aromatic N) is 1. The van der Waals surface area contributed by atoms with Crippen molar-refractivity contribution in [3.63, 3.8) is 0 Å². The molecule has 0 spiro atoms. The van der Waals surface area contributed by atoms with E-state index in [-0.39, 0.29) is 17.7 Å². The molecule has 0 bridgehead atoms. The molecule has 2 amide bonds. The fourth-order valence-corrected chi connectivity index (χ4v) is 4.62. The maximum Gasteiger partial charge on any atom is 0.293 e. The van der Waals surface area contributed by atoms with Crippen molar-refractivity contribution in [1.82, 2.24) is 4.90 Å². The lowest BCUT2D eigenvalue weighted by molar-refractivity contribution is -0.123. The number of imide groups is 1. The van der Waals surface area contributed by atoms with Crippen molar-refractivity contribution in [2.75, 3.05) is 14.2 Å². The topological polar surface area (TPSA) is 55.8 Å². The maximum absolute atomic E-state index is 13.0. The van der Waals surface area contributed by atoms with Crippen LogP contribution >= 0.6 is 27.7 Å². The highest BCUT2D eigenvalue weighted by molar-refractivity contribution is 9.10. The third-order valence-corrected chi connectivity index (χ3v) is 6.47. The number of carbonyl (C=O) groups excluding carboxylic acids is 2. The van der Waals surface area contributed by atoms with E-state index in [0.717, 1.165) is 38.1 Å². The molecule has 1 aliphatic rings. The summed E-state index contributed by atoms with van der Waals surface area (Å²) in [5, 5.41) is 1.83. The van der Waals surface area contributed by atoms with Crippen molar-refractivity contribution in [1.29, 1.82) is 0 Å². The lowest BCUT2D eigenvalue weighted by Gasteiger charge is -2.14. The second kappa shape index (κ2) is 8.53. The number of amides is 2. The number of ether oxygens (including phenoxy) is 2. The van der Waals surface area contributed by atoms with Crippen LogP contribution in [0.2, 0.25) is 0 Å². The highest BCUT2D eigenvalue weighted by Crippen LogP contribution is 2.38. The zero-order chi connectivity index (χ0) is 21.3. The van der Waals surface area contributed by atoms with Crippen molar-refractivity contribution in [2.24, 2.45) is 0 Å². The molecular formula is C23H18BrNO4S. The molecule has 0 unspecified atom stereocenters. The number of rotatable bonds is 5. The first-order chi connectivity index (χ1) is 14.5. The van der Waals surface area contributed by atoms with Gasteiger partial charge in [0, 0.05) is 4.47 Å². The van der Waals surface area contributed by atoms with E-state index in [1.54, 1.807) is 32.4 Å². The second-order valence-electron chi connectivity index (χ2n) is 6.63. The molecule has 3 aromatic carbocycles. The molecule has 1 saturated heterocycles. The maximum atomic E-state index is 13.0. The Bertz CT molecular complexity index is 1190. The first kappa shape index (κ1) is 20.5. The molecule has 0 saturated carbocycles. The molecule has 4 rings (SSSR count). The van der Waals surface area contributed by atoms with Crippen LogP contribution in [0.25, 0.3) is 16.8 Å². The van der Waals surface area contributed by atoms with Gasteiger partial charge >= 0.3 is 0 Å². The zero-order valence-corrected chi connectivity index (χ0v) is 18.7. The van der Waals surface area contributed by atoms with Crippen LogP contribution in [-0.2, 0) is 11.3 Å². The van der Waals surface area contributed by atoms with Crippen LogP contribution in [0.1, 0.15) is 11.1 Å². The smallest absolute Gasteiger partial charge is 0.293 e. The average molecular weight is 484 g/mol.